The summed E-state index contributed by atoms with van der Waals surface area (Å²) in [5, 5.41) is 8.57. The van der Waals surface area contributed by atoms with Crippen molar-refractivity contribution in [1.82, 2.24) is 19.9 Å². The van der Waals surface area contributed by atoms with Crippen LogP contribution in [0.3, 0.4) is 0 Å². The van der Waals surface area contributed by atoms with Gasteiger partial charge in [0.25, 0.3) is 0 Å². The second-order valence-electron chi connectivity index (χ2n) is 8.64. The van der Waals surface area contributed by atoms with Crippen LogP contribution in [-0.2, 0) is 24.5 Å². The molecule has 1 unspecified atom stereocenters. The maximum Gasteiger partial charge on any atom is 0.241 e. The molecule has 0 saturated carbocycles. The molecular formula is C20H31N5O4S2. The summed E-state index contributed by atoms with van der Waals surface area (Å²) in [6.07, 6.45) is 0. The SMILES string of the molecule is CC(=O)N1N=C(NC(=O)C(C)(C)C)SC1(CNS(=O)(=O)CCN(C)C)c1ccccc1. The second kappa shape index (κ2) is 9.68. The van der Waals surface area contributed by atoms with E-state index < -0.39 is 20.3 Å². The number of carbonyl (C=O) groups is 2. The number of thioether (sulfide) groups is 1. The van der Waals surface area contributed by atoms with Gasteiger partial charge in [0.15, 0.2) is 10.0 Å². The number of nitrogens with one attached hydrogen (secondary N) is 2. The van der Waals surface area contributed by atoms with Gasteiger partial charge in [0, 0.05) is 18.9 Å². The van der Waals surface area contributed by atoms with E-state index >= 15 is 0 Å². The van der Waals surface area contributed by atoms with Gasteiger partial charge in [-0.3, -0.25) is 9.59 Å². The van der Waals surface area contributed by atoms with E-state index in [1.165, 1.54) is 11.9 Å². The Morgan fingerprint density at radius 1 is 1.19 bits per heavy atom. The molecule has 0 aromatic heterocycles. The number of carbonyl (C=O) groups excluding carboxylic acids is 2. The molecule has 2 amide bonds. The number of benzene rings is 1. The van der Waals surface area contributed by atoms with Crippen LogP contribution in [0.2, 0.25) is 0 Å². The normalized spacial score (nSPS) is 19.5. The Balaban J connectivity index is 2.39. The van der Waals surface area contributed by atoms with Gasteiger partial charge < -0.3 is 10.2 Å². The van der Waals surface area contributed by atoms with Crippen molar-refractivity contribution < 1.29 is 18.0 Å². The third-order valence-corrected chi connectivity index (χ3v) is 7.13. The van der Waals surface area contributed by atoms with E-state index in [-0.39, 0.29) is 29.3 Å². The third kappa shape index (κ3) is 6.52. The monoisotopic (exact) mass is 469 g/mol. The lowest BCUT2D eigenvalue weighted by molar-refractivity contribution is -0.132. The van der Waals surface area contributed by atoms with Crippen LogP contribution in [0.1, 0.15) is 33.3 Å². The molecule has 1 heterocycles. The van der Waals surface area contributed by atoms with Crippen molar-refractivity contribution in [2.24, 2.45) is 10.5 Å². The highest BCUT2D eigenvalue weighted by Gasteiger charge is 2.48. The van der Waals surface area contributed by atoms with E-state index in [9.17, 15) is 18.0 Å². The van der Waals surface area contributed by atoms with Gasteiger partial charge in [0.05, 0.1) is 12.3 Å². The molecule has 1 aromatic rings. The molecule has 31 heavy (non-hydrogen) atoms. The van der Waals surface area contributed by atoms with Crippen molar-refractivity contribution >= 4 is 38.8 Å². The number of amides is 2. The molecule has 2 N–H and O–H groups in total. The predicted molar refractivity (Wildman–Crippen MR) is 124 cm³/mol. The van der Waals surface area contributed by atoms with E-state index in [1.807, 2.05) is 18.2 Å². The number of sulfonamides is 1. The fourth-order valence-corrected chi connectivity index (χ4v) is 5.24. The maximum absolute atomic E-state index is 12.6. The topological polar surface area (TPSA) is 111 Å². The summed E-state index contributed by atoms with van der Waals surface area (Å²) in [5.41, 5.74) is 0.0323. The van der Waals surface area contributed by atoms with Crippen molar-refractivity contribution in [3.05, 3.63) is 35.9 Å². The van der Waals surface area contributed by atoms with E-state index in [0.29, 0.717) is 12.1 Å². The zero-order valence-corrected chi connectivity index (χ0v) is 20.4. The number of rotatable bonds is 7. The van der Waals surface area contributed by atoms with Crippen LogP contribution in [0, 0.1) is 5.41 Å². The van der Waals surface area contributed by atoms with Crippen LogP contribution in [0.5, 0.6) is 0 Å². The summed E-state index contributed by atoms with van der Waals surface area (Å²) < 4.78 is 27.8. The van der Waals surface area contributed by atoms with Gasteiger partial charge in [-0.1, -0.05) is 51.1 Å². The molecule has 2 rings (SSSR count). The quantitative estimate of drug-likeness (QED) is 0.624. The van der Waals surface area contributed by atoms with Crippen LogP contribution in [0.25, 0.3) is 0 Å². The number of hydrogen-bond acceptors (Lipinski definition) is 7. The minimum atomic E-state index is -3.60. The molecular weight excluding hydrogens is 438 g/mol. The van der Waals surface area contributed by atoms with Gasteiger partial charge in [-0.2, -0.15) is 0 Å². The van der Waals surface area contributed by atoms with Crippen molar-refractivity contribution in [2.75, 3.05) is 32.9 Å². The van der Waals surface area contributed by atoms with E-state index in [0.717, 1.165) is 11.8 Å². The number of amidine groups is 1. The second-order valence-corrected chi connectivity index (χ2v) is 11.8. The lowest BCUT2D eigenvalue weighted by Crippen LogP contribution is -2.49. The van der Waals surface area contributed by atoms with Crippen LogP contribution in [0.15, 0.2) is 35.4 Å². The first kappa shape index (κ1) is 25.3. The average Bonchev–Trinajstić information content (AvgIpc) is 3.05. The number of hydrogen-bond donors (Lipinski definition) is 2. The highest BCUT2D eigenvalue weighted by atomic mass is 32.2. The molecule has 1 atom stereocenters. The molecule has 0 bridgehead atoms. The molecule has 11 heteroatoms. The molecule has 0 radical (unpaired) electrons. The summed E-state index contributed by atoms with van der Waals surface area (Å²) in [4.78, 5) is 25.6. The first-order valence-electron chi connectivity index (χ1n) is 9.84. The summed E-state index contributed by atoms with van der Waals surface area (Å²) in [5.74, 6) is -0.703. The summed E-state index contributed by atoms with van der Waals surface area (Å²) in [6.45, 7) is 6.94. The fourth-order valence-electron chi connectivity index (χ4n) is 2.73. The number of nitrogens with zero attached hydrogens (tertiary/aromatic N) is 3. The Bertz CT molecular complexity index is 942. The molecule has 9 nitrogen and oxygen atoms in total. The van der Waals surface area contributed by atoms with Crippen LogP contribution < -0.4 is 10.0 Å². The van der Waals surface area contributed by atoms with Gasteiger partial charge in [-0.15, -0.1) is 5.10 Å². The Morgan fingerprint density at radius 2 is 1.81 bits per heavy atom. The minimum absolute atomic E-state index is 0.0793. The van der Waals surface area contributed by atoms with Gasteiger partial charge in [-0.05, 0) is 31.4 Å². The van der Waals surface area contributed by atoms with Crippen molar-refractivity contribution in [3.8, 4) is 0 Å². The van der Waals surface area contributed by atoms with Crippen molar-refractivity contribution in [2.45, 2.75) is 32.6 Å². The summed E-state index contributed by atoms with van der Waals surface area (Å²) in [6, 6.07) is 9.06. The summed E-state index contributed by atoms with van der Waals surface area (Å²) >= 11 is 1.14. The molecule has 0 aliphatic carbocycles. The zero-order chi connectivity index (χ0) is 23.4. The summed E-state index contributed by atoms with van der Waals surface area (Å²) in [7, 11) is -0.0145. The van der Waals surface area contributed by atoms with Crippen molar-refractivity contribution in [1.29, 1.82) is 0 Å². The highest BCUT2D eigenvalue weighted by Crippen LogP contribution is 2.45. The Morgan fingerprint density at radius 3 is 2.32 bits per heavy atom. The Hall–Kier alpha value is -1.95. The van der Waals surface area contributed by atoms with Gasteiger partial charge in [0.2, 0.25) is 21.8 Å². The van der Waals surface area contributed by atoms with Crippen LogP contribution in [0.4, 0.5) is 0 Å². The molecule has 1 aliphatic rings. The van der Waals surface area contributed by atoms with Crippen molar-refractivity contribution in [3.63, 3.8) is 0 Å². The molecule has 0 spiro atoms. The molecule has 1 aromatic carbocycles. The zero-order valence-electron chi connectivity index (χ0n) is 18.8. The largest absolute Gasteiger partial charge is 0.308 e. The lowest BCUT2D eigenvalue weighted by atomic mass is 9.96. The van der Waals surface area contributed by atoms with Gasteiger partial charge in [-0.25, -0.2) is 18.1 Å². The first-order chi connectivity index (χ1) is 14.3. The molecule has 1 aliphatic heterocycles. The van der Waals surface area contributed by atoms with E-state index in [4.69, 9.17) is 0 Å². The lowest BCUT2D eigenvalue weighted by Gasteiger charge is -2.35. The molecule has 172 valence electrons. The van der Waals surface area contributed by atoms with E-state index in [1.54, 1.807) is 51.9 Å². The Labute approximate surface area is 188 Å². The molecule has 0 fully saturated rings. The minimum Gasteiger partial charge on any atom is -0.308 e. The van der Waals surface area contributed by atoms with E-state index in [2.05, 4.69) is 15.1 Å². The van der Waals surface area contributed by atoms with Gasteiger partial charge in [0.1, 0.15) is 0 Å². The highest BCUT2D eigenvalue weighted by molar-refractivity contribution is 8.14. The van der Waals surface area contributed by atoms with Crippen LogP contribution >= 0.6 is 11.8 Å². The Kier molecular flexibility index (Phi) is 7.90. The standard InChI is InChI=1S/C20H31N5O4S2/c1-15(26)25-20(16-10-8-7-9-11-16,14-21-31(28,29)13-12-24(5)6)30-18(23-25)22-17(27)19(2,3)4/h7-11,21H,12-14H2,1-6H3,(H,22,23,27). The maximum atomic E-state index is 12.6. The van der Waals surface area contributed by atoms with Crippen LogP contribution in [-0.4, -0.2) is 68.2 Å². The average molecular weight is 470 g/mol. The predicted octanol–water partition coefficient (Wildman–Crippen LogP) is 1.35. The number of hydrazone groups is 1. The smallest absolute Gasteiger partial charge is 0.241 e. The molecule has 0 saturated heterocycles. The fraction of sp³-hybridized carbons (Fsp3) is 0.550. The van der Waals surface area contributed by atoms with Gasteiger partial charge >= 0.3 is 0 Å². The third-order valence-electron chi connectivity index (χ3n) is 4.56. The first-order valence-corrected chi connectivity index (χ1v) is 12.3.